The topological polar surface area (TPSA) is 61.2 Å². The Balaban J connectivity index is 1.27. The van der Waals surface area contributed by atoms with Gasteiger partial charge in [-0.3, -0.25) is 4.79 Å². The fourth-order valence-electron chi connectivity index (χ4n) is 3.98. The van der Waals surface area contributed by atoms with E-state index in [-0.39, 0.29) is 11.5 Å². The van der Waals surface area contributed by atoms with Crippen LogP contribution in [0.25, 0.3) is 0 Å². The Hall–Kier alpha value is -2.57. The number of benzene rings is 2. The summed E-state index contributed by atoms with van der Waals surface area (Å²) in [4.78, 5) is 13.9. The normalized spacial score (nSPS) is 17.8. The van der Waals surface area contributed by atoms with Gasteiger partial charge in [0.15, 0.2) is 11.5 Å². The highest BCUT2D eigenvalue weighted by Gasteiger charge is 2.32. The van der Waals surface area contributed by atoms with Crippen molar-refractivity contribution in [3.05, 3.63) is 59.2 Å². The molecule has 2 aliphatic rings. The Morgan fingerprint density at radius 1 is 1.13 bits per heavy atom. The Bertz CT molecular complexity index is 873. The van der Waals surface area contributed by atoms with Crippen molar-refractivity contribution in [3.63, 3.8) is 0 Å². The van der Waals surface area contributed by atoms with Crippen LogP contribution in [0.2, 0.25) is 0 Å². The molecule has 0 aromatic heterocycles. The second-order valence-corrected chi connectivity index (χ2v) is 8.64. The SMILES string of the molecule is CC1(C)Cc2cccc(OCc3ccc(C(=O)NCC[NH+]4CCOCC4)cc3)c2O1. The van der Waals surface area contributed by atoms with E-state index in [1.54, 1.807) is 0 Å². The number of ether oxygens (including phenoxy) is 3. The van der Waals surface area contributed by atoms with E-state index in [9.17, 15) is 4.79 Å². The van der Waals surface area contributed by atoms with Crippen molar-refractivity contribution in [2.24, 2.45) is 0 Å². The van der Waals surface area contributed by atoms with Gasteiger partial charge in [0.25, 0.3) is 5.91 Å². The Morgan fingerprint density at radius 2 is 1.90 bits per heavy atom. The van der Waals surface area contributed by atoms with Gasteiger partial charge in [-0.05, 0) is 37.6 Å². The van der Waals surface area contributed by atoms with Crippen LogP contribution in [-0.4, -0.2) is 50.9 Å². The Morgan fingerprint density at radius 3 is 2.67 bits per heavy atom. The molecular formula is C24H31N2O4+. The smallest absolute Gasteiger partial charge is 0.251 e. The summed E-state index contributed by atoms with van der Waals surface area (Å²) < 4.78 is 17.4. The van der Waals surface area contributed by atoms with Gasteiger partial charge in [-0.1, -0.05) is 24.3 Å². The molecule has 2 aliphatic heterocycles. The molecule has 2 aromatic rings. The lowest BCUT2D eigenvalue weighted by atomic mass is 10.0. The summed E-state index contributed by atoms with van der Waals surface area (Å²) in [5, 5.41) is 3.01. The summed E-state index contributed by atoms with van der Waals surface area (Å²) in [7, 11) is 0. The number of carbonyl (C=O) groups excluding carboxylic acids is 1. The molecule has 2 N–H and O–H groups in total. The van der Waals surface area contributed by atoms with Crippen molar-refractivity contribution in [3.8, 4) is 11.5 Å². The summed E-state index contributed by atoms with van der Waals surface area (Å²) in [6, 6.07) is 13.6. The van der Waals surface area contributed by atoms with Gasteiger partial charge in [0, 0.05) is 17.5 Å². The maximum atomic E-state index is 12.4. The van der Waals surface area contributed by atoms with Crippen LogP contribution in [-0.2, 0) is 17.8 Å². The lowest BCUT2D eigenvalue weighted by molar-refractivity contribution is -0.906. The lowest BCUT2D eigenvalue weighted by Crippen LogP contribution is -3.14. The quantitative estimate of drug-likeness (QED) is 0.727. The van der Waals surface area contributed by atoms with E-state index in [0.29, 0.717) is 18.7 Å². The fourth-order valence-corrected chi connectivity index (χ4v) is 3.98. The molecule has 30 heavy (non-hydrogen) atoms. The van der Waals surface area contributed by atoms with E-state index in [1.807, 2.05) is 36.4 Å². The lowest BCUT2D eigenvalue weighted by Gasteiger charge is -2.23. The van der Waals surface area contributed by atoms with Crippen molar-refractivity contribution < 1.29 is 23.9 Å². The Kier molecular flexibility index (Phi) is 6.25. The first kappa shape index (κ1) is 20.7. The third kappa shape index (κ3) is 5.12. The molecule has 0 radical (unpaired) electrons. The van der Waals surface area contributed by atoms with E-state index in [1.165, 1.54) is 10.5 Å². The zero-order valence-electron chi connectivity index (χ0n) is 17.8. The molecule has 1 amide bonds. The molecule has 1 fully saturated rings. The van der Waals surface area contributed by atoms with Crippen LogP contribution in [0.4, 0.5) is 0 Å². The molecule has 0 atom stereocenters. The van der Waals surface area contributed by atoms with Crippen LogP contribution in [0, 0.1) is 0 Å². The van der Waals surface area contributed by atoms with E-state index < -0.39 is 0 Å². The molecule has 1 saturated heterocycles. The monoisotopic (exact) mass is 411 g/mol. The van der Waals surface area contributed by atoms with E-state index in [0.717, 1.165) is 56.3 Å². The first-order valence-electron chi connectivity index (χ1n) is 10.7. The van der Waals surface area contributed by atoms with Gasteiger partial charge in [0.1, 0.15) is 25.3 Å². The summed E-state index contributed by atoms with van der Waals surface area (Å²) >= 11 is 0. The third-order valence-corrected chi connectivity index (χ3v) is 5.63. The number of hydrogen-bond acceptors (Lipinski definition) is 4. The van der Waals surface area contributed by atoms with Crippen molar-refractivity contribution in [2.45, 2.75) is 32.5 Å². The number of quaternary nitrogens is 1. The molecule has 0 spiro atoms. The molecule has 0 bridgehead atoms. The minimum atomic E-state index is -0.194. The van der Waals surface area contributed by atoms with Crippen LogP contribution >= 0.6 is 0 Å². The summed E-state index contributed by atoms with van der Waals surface area (Å²) in [6.45, 7) is 9.85. The summed E-state index contributed by atoms with van der Waals surface area (Å²) in [5.74, 6) is 1.58. The van der Waals surface area contributed by atoms with Crippen molar-refractivity contribution in [1.82, 2.24) is 5.32 Å². The molecule has 0 saturated carbocycles. The van der Waals surface area contributed by atoms with Crippen LogP contribution in [0.5, 0.6) is 11.5 Å². The first-order valence-corrected chi connectivity index (χ1v) is 10.7. The largest absolute Gasteiger partial charge is 0.485 e. The van der Waals surface area contributed by atoms with Gasteiger partial charge in [-0.25, -0.2) is 0 Å². The predicted molar refractivity (Wildman–Crippen MR) is 114 cm³/mol. The van der Waals surface area contributed by atoms with Crippen molar-refractivity contribution in [2.75, 3.05) is 39.4 Å². The second-order valence-electron chi connectivity index (χ2n) is 8.64. The van der Waals surface area contributed by atoms with Gasteiger partial charge in [-0.2, -0.15) is 0 Å². The highest BCUT2D eigenvalue weighted by Crippen LogP contribution is 2.41. The number of hydrogen-bond donors (Lipinski definition) is 2. The molecule has 6 nitrogen and oxygen atoms in total. The van der Waals surface area contributed by atoms with Crippen LogP contribution in [0.3, 0.4) is 0 Å². The summed E-state index contributed by atoms with van der Waals surface area (Å²) in [5.41, 5.74) is 2.67. The molecule has 2 aromatic carbocycles. The minimum Gasteiger partial charge on any atom is -0.485 e. The third-order valence-electron chi connectivity index (χ3n) is 5.63. The van der Waals surface area contributed by atoms with Crippen molar-refractivity contribution in [1.29, 1.82) is 0 Å². The molecule has 2 heterocycles. The van der Waals surface area contributed by atoms with Gasteiger partial charge in [0.05, 0.1) is 26.3 Å². The molecule has 4 rings (SSSR count). The molecule has 6 heteroatoms. The van der Waals surface area contributed by atoms with Crippen LogP contribution in [0.1, 0.15) is 35.3 Å². The van der Waals surface area contributed by atoms with Crippen LogP contribution in [0.15, 0.2) is 42.5 Å². The average Bonchev–Trinajstić information content (AvgIpc) is 3.07. The average molecular weight is 412 g/mol. The first-order chi connectivity index (χ1) is 14.5. The minimum absolute atomic E-state index is 0.0355. The van der Waals surface area contributed by atoms with Crippen molar-refractivity contribution >= 4 is 5.91 Å². The van der Waals surface area contributed by atoms with E-state index in [2.05, 4.69) is 25.2 Å². The Labute approximate surface area is 178 Å². The zero-order chi connectivity index (χ0) is 21.0. The molecular weight excluding hydrogens is 380 g/mol. The molecule has 0 aliphatic carbocycles. The molecule has 0 unspecified atom stereocenters. The second kappa shape index (κ2) is 9.06. The number of rotatable bonds is 7. The predicted octanol–water partition coefficient (Wildman–Crippen LogP) is 1.62. The summed E-state index contributed by atoms with van der Waals surface area (Å²) in [6.07, 6.45) is 0.885. The van der Waals surface area contributed by atoms with Crippen LogP contribution < -0.4 is 19.7 Å². The highest BCUT2D eigenvalue weighted by atomic mass is 16.5. The van der Waals surface area contributed by atoms with Gasteiger partial charge in [0.2, 0.25) is 0 Å². The fraction of sp³-hybridized carbons (Fsp3) is 0.458. The number of fused-ring (bicyclic) bond motifs is 1. The highest BCUT2D eigenvalue weighted by molar-refractivity contribution is 5.94. The molecule has 160 valence electrons. The number of carbonyl (C=O) groups is 1. The maximum Gasteiger partial charge on any atom is 0.251 e. The van der Waals surface area contributed by atoms with Gasteiger partial charge >= 0.3 is 0 Å². The standard InChI is InChI=1S/C24H30N2O4/c1-24(2)16-20-4-3-5-21(22(20)30-24)29-17-18-6-8-19(9-7-18)23(27)25-10-11-26-12-14-28-15-13-26/h3-9H,10-17H2,1-2H3,(H,25,27)/p+1. The van der Waals surface area contributed by atoms with E-state index in [4.69, 9.17) is 14.2 Å². The number of morpholine rings is 1. The maximum absolute atomic E-state index is 12.4. The van der Waals surface area contributed by atoms with E-state index >= 15 is 0 Å². The number of nitrogens with one attached hydrogen (secondary N) is 2. The van der Waals surface area contributed by atoms with Gasteiger partial charge < -0.3 is 24.4 Å². The number of amides is 1. The zero-order valence-corrected chi connectivity index (χ0v) is 17.8. The van der Waals surface area contributed by atoms with Gasteiger partial charge in [-0.15, -0.1) is 0 Å². The number of para-hydroxylation sites is 1.